The van der Waals surface area contributed by atoms with Gasteiger partial charge in [-0.15, -0.1) is 0 Å². The number of nitrogens with zero attached hydrogens (tertiary/aromatic N) is 1. The molecule has 0 bridgehead atoms. The number of ether oxygens (including phenoxy) is 2. The lowest BCUT2D eigenvalue weighted by atomic mass is 9.76. The summed E-state index contributed by atoms with van der Waals surface area (Å²) in [6.45, 7) is 3.97. The fraction of sp³-hybridized carbons (Fsp3) is 0.571. The van der Waals surface area contributed by atoms with E-state index < -0.39 is 23.5 Å². The van der Waals surface area contributed by atoms with E-state index >= 15 is 0 Å². The van der Waals surface area contributed by atoms with Crippen molar-refractivity contribution in [3.05, 3.63) is 35.9 Å². The number of hydrogen-bond acceptors (Lipinski definition) is 5. The Kier molecular flexibility index (Phi) is 5.82. The highest BCUT2D eigenvalue weighted by Crippen LogP contribution is 2.47. The molecule has 1 aliphatic carbocycles. The molecule has 1 saturated carbocycles. The molecule has 1 saturated heterocycles. The standard InChI is InChI=1S/C21H27NO5/c1-3-26-19(24)16-13-21(2)17(11-7-8-12-18(21)23)22(16)20(25)27-14-15-9-5-4-6-10-15/h4-6,9-10,16-17H,3,7-8,11-14H2,1-2H3/t16-,17-,21-/m0/s1. The second-order valence-electron chi connectivity index (χ2n) is 7.52. The summed E-state index contributed by atoms with van der Waals surface area (Å²) in [4.78, 5) is 39.7. The molecule has 3 rings (SSSR count). The van der Waals surface area contributed by atoms with Crippen LogP contribution in [0.3, 0.4) is 0 Å². The van der Waals surface area contributed by atoms with Gasteiger partial charge in [0.15, 0.2) is 0 Å². The van der Waals surface area contributed by atoms with Crippen LogP contribution < -0.4 is 0 Å². The summed E-state index contributed by atoms with van der Waals surface area (Å²) in [6, 6.07) is 8.29. The number of benzene rings is 1. The maximum absolute atomic E-state index is 12.9. The van der Waals surface area contributed by atoms with Gasteiger partial charge in [-0.25, -0.2) is 9.59 Å². The van der Waals surface area contributed by atoms with Gasteiger partial charge in [0.05, 0.1) is 6.61 Å². The van der Waals surface area contributed by atoms with E-state index in [1.54, 1.807) is 6.92 Å². The molecule has 6 heteroatoms. The second kappa shape index (κ2) is 8.11. The van der Waals surface area contributed by atoms with Gasteiger partial charge in [-0.2, -0.15) is 0 Å². The SMILES string of the molecule is CCOC(=O)[C@@H]1C[C@]2(C)C(=O)CCCC[C@@H]2N1C(=O)OCc1ccccc1. The van der Waals surface area contributed by atoms with Gasteiger partial charge in [-0.05, 0) is 31.7 Å². The van der Waals surface area contributed by atoms with Crippen molar-refractivity contribution in [2.24, 2.45) is 5.41 Å². The van der Waals surface area contributed by atoms with Crippen molar-refractivity contribution in [2.75, 3.05) is 6.61 Å². The van der Waals surface area contributed by atoms with Gasteiger partial charge in [0.25, 0.3) is 0 Å². The number of hydrogen-bond donors (Lipinski definition) is 0. The highest BCUT2D eigenvalue weighted by Gasteiger charge is 2.58. The average Bonchev–Trinajstić information content (AvgIpc) is 2.90. The molecule has 0 N–H and O–H groups in total. The Morgan fingerprint density at radius 2 is 1.93 bits per heavy atom. The summed E-state index contributed by atoms with van der Waals surface area (Å²) >= 11 is 0. The number of carbonyl (C=O) groups excluding carboxylic acids is 3. The Hall–Kier alpha value is -2.37. The number of fused-ring (bicyclic) bond motifs is 1. The molecule has 146 valence electrons. The van der Waals surface area contributed by atoms with E-state index in [1.807, 2.05) is 37.3 Å². The topological polar surface area (TPSA) is 72.9 Å². The molecule has 0 radical (unpaired) electrons. The predicted octanol–water partition coefficient (Wildman–Crippen LogP) is 3.48. The van der Waals surface area contributed by atoms with Crippen molar-refractivity contribution >= 4 is 17.8 Å². The Bertz CT molecular complexity index is 704. The summed E-state index contributed by atoms with van der Waals surface area (Å²) in [7, 11) is 0. The highest BCUT2D eigenvalue weighted by molar-refractivity contribution is 5.91. The van der Waals surface area contributed by atoms with E-state index in [0.717, 1.165) is 18.4 Å². The van der Waals surface area contributed by atoms with Gasteiger partial charge >= 0.3 is 12.1 Å². The van der Waals surface area contributed by atoms with Crippen LogP contribution in [0.1, 0.15) is 51.5 Å². The van der Waals surface area contributed by atoms with Crippen molar-refractivity contribution in [1.82, 2.24) is 4.90 Å². The van der Waals surface area contributed by atoms with Crippen molar-refractivity contribution in [1.29, 1.82) is 0 Å². The Balaban J connectivity index is 1.83. The number of amides is 1. The fourth-order valence-corrected chi connectivity index (χ4v) is 4.31. The summed E-state index contributed by atoms with van der Waals surface area (Å²) < 4.78 is 10.7. The van der Waals surface area contributed by atoms with Crippen LogP contribution >= 0.6 is 0 Å². The van der Waals surface area contributed by atoms with Crippen LogP contribution in [-0.2, 0) is 25.7 Å². The molecule has 2 aliphatic rings. The van der Waals surface area contributed by atoms with Crippen LogP contribution in [0.4, 0.5) is 4.79 Å². The van der Waals surface area contributed by atoms with Crippen LogP contribution in [0.25, 0.3) is 0 Å². The van der Waals surface area contributed by atoms with Crippen LogP contribution in [0.5, 0.6) is 0 Å². The van der Waals surface area contributed by atoms with Gasteiger partial charge in [0, 0.05) is 17.9 Å². The lowest BCUT2D eigenvalue weighted by molar-refractivity contribution is -0.148. The lowest BCUT2D eigenvalue weighted by Gasteiger charge is -2.32. The van der Waals surface area contributed by atoms with Crippen molar-refractivity contribution < 1.29 is 23.9 Å². The molecule has 2 fully saturated rings. The number of rotatable bonds is 4. The van der Waals surface area contributed by atoms with Gasteiger partial charge in [0.2, 0.25) is 0 Å². The van der Waals surface area contributed by atoms with Gasteiger partial charge in [-0.3, -0.25) is 9.69 Å². The maximum atomic E-state index is 12.9. The molecule has 1 aromatic carbocycles. The smallest absolute Gasteiger partial charge is 0.411 e. The second-order valence-corrected chi connectivity index (χ2v) is 7.52. The molecule has 1 amide bonds. The van der Waals surface area contributed by atoms with E-state index in [-0.39, 0.29) is 25.0 Å². The van der Waals surface area contributed by atoms with Gasteiger partial charge in [0.1, 0.15) is 18.4 Å². The summed E-state index contributed by atoms with van der Waals surface area (Å²) in [5, 5.41) is 0. The molecule has 0 unspecified atom stereocenters. The summed E-state index contributed by atoms with van der Waals surface area (Å²) in [6.07, 6.45) is 2.61. The normalized spacial score (nSPS) is 27.6. The monoisotopic (exact) mass is 373 g/mol. The largest absolute Gasteiger partial charge is 0.464 e. The molecular weight excluding hydrogens is 346 g/mol. The third-order valence-electron chi connectivity index (χ3n) is 5.77. The van der Waals surface area contributed by atoms with Crippen molar-refractivity contribution in [3.63, 3.8) is 0 Å². The Morgan fingerprint density at radius 1 is 1.19 bits per heavy atom. The average molecular weight is 373 g/mol. The first-order valence-electron chi connectivity index (χ1n) is 9.66. The number of Topliss-reactive ketones (excluding diaryl/α,β-unsaturated/α-hetero) is 1. The highest BCUT2D eigenvalue weighted by atomic mass is 16.6. The van der Waals surface area contributed by atoms with Gasteiger partial charge in [-0.1, -0.05) is 43.7 Å². The molecule has 27 heavy (non-hydrogen) atoms. The van der Waals surface area contributed by atoms with E-state index in [2.05, 4.69) is 0 Å². The quantitative estimate of drug-likeness (QED) is 0.756. The first-order valence-corrected chi connectivity index (χ1v) is 9.66. The molecule has 6 nitrogen and oxygen atoms in total. The molecule has 0 spiro atoms. The molecule has 1 heterocycles. The first-order chi connectivity index (χ1) is 13.0. The number of carbonyl (C=O) groups is 3. The van der Waals surface area contributed by atoms with Crippen molar-refractivity contribution in [2.45, 2.75) is 64.6 Å². The lowest BCUT2D eigenvalue weighted by Crippen LogP contribution is -2.48. The van der Waals surface area contributed by atoms with E-state index in [4.69, 9.17) is 9.47 Å². The molecule has 0 aromatic heterocycles. The first kappa shape index (κ1) is 19.4. The van der Waals surface area contributed by atoms with Crippen LogP contribution in [0, 0.1) is 5.41 Å². The summed E-state index contributed by atoms with van der Waals surface area (Å²) in [5.41, 5.74) is 0.150. The molecule has 3 atom stereocenters. The van der Waals surface area contributed by atoms with E-state index in [1.165, 1.54) is 4.90 Å². The third kappa shape index (κ3) is 3.84. The van der Waals surface area contributed by atoms with Crippen LogP contribution in [0.2, 0.25) is 0 Å². The zero-order chi connectivity index (χ0) is 19.4. The van der Waals surface area contributed by atoms with Crippen molar-refractivity contribution in [3.8, 4) is 0 Å². The minimum absolute atomic E-state index is 0.123. The predicted molar refractivity (Wildman–Crippen MR) is 98.9 cm³/mol. The number of esters is 1. The Labute approximate surface area is 159 Å². The Morgan fingerprint density at radius 3 is 2.63 bits per heavy atom. The van der Waals surface area contributed by atoms with E-state index in [9.17, 15) is 14.4 Å². The zero-order valence-electron chi connectivity index (χ0n) is 16.0. The third-order valence-corrected chi connectivity index (χ3v) is 5.77. The molecule has 1 aromatic rings. The zero-order valence-corrected chi connectivity index (χ0v) is 16.0. The van der Waals surface area contributed by atoms with E-state index in [0.29, 0.717) is 19.3 Å². The summed E-state index contributed by atoms with van der Waals surface area (Å²) in [5.74, 6) is -0.339. The minimum Gasteiger partial charge on any atom is -0.464 e. The maximum Gasteiger partial charge on any atom is 0.411 e. The fourth-order valence-electron chi connectivity index (χ4n) is 4.31. The minimum atomic E-state index is -0.773. The molecular formula is C21H27NO5. The molecule has 1 aliphatic heterocycles. The van der Waals surface area contributed by atoms with Crippen LogP contribution in [0.15, 0.2) is 30.3 Å². The number of likely N-dealkylation sites (tertiary alicyclic amines) is 1. The number of ketones is 1. The van der Waals surface area contributed by atoms with Gasteiger partial charge < -0.3 is 9.47 Å². The van der Waals surface area contributed by atoms with Crippen LogP contribution in [-0.4, -0.2) is 41.4 Å².